The number of aromatic nitrogens is 1. The molecule has 6 heteroatoms. The Morgan fingerprint density at radius 3 is 2.62 bits per heavy atom. The van der Waals surface area contributed by atoms with Crippen molar-refractivity contribution in [3.05, 3.63) is 52.5 Å². The van der Waals surface area contributed by atoms with Crippen molar-refractivity contribution in [3.8, 4) is 0 Å². The molecule has 1 amide bonds. The monoisotopic (exact) mass is 408 g/mol. The predicted molar refractivity (Wildman–Crippen MR) is 122 cm³/mol. The second-order valence-electron chi connectivity index (χ2n) is 7.90. The number of pyridine rings is 1. The zero-order chi connectivity index (χ0) is 20.4. The zero-order valence-electron chi connectivity index (χ0n) is 17.1. The van der Waals surface area contributed by atoms with Crippen molar-refractivity contribution in [3.63, 3.8) is 0 Å². The standard InChI is InChI=1S/C23H28N4OS/c1-15(17-7-9-18(10-8-17)27-12-4-3-5-13-27)14-25-22(28)21-20(24)19-11-6-16(2)26-23(19)29-21/h6-11,15H,3-5,12-14,24H2,1-2H3,(H,25,28)/t15-/m0/s1. The number of nitrogens with two attached hydrogens (primary N) is 1. The van der Waals surface area contributed by atoms with Gasteiger partial charge >= 0.3 is 0 Å². The highest BCUT2D eigenvalue weighted by atomic mass is 32.1. The fraction of sp³-hybridized carbons (Fsp3) is 0.391. The number of carbonyl (C=O) groups is 1. The summed E-state index contributed by atoms with van der Waals surface area (Å²) in [7, 11) is 0. The molecule has 1 aliphatic rings. The third-order valence-corrected chi connectivity index (χ3v) is 6.81. The second kappa shape index (κ2) is 8.41. The molecule has 3 aromatic rings. The van der Waals surface area contributed by atoms with Crippen LogP contribution in [0.15, 0.2) is 36.4 Å². The summed E-state index contributed by atoms with van der Waals surface area (Å²) in [6, 6.07) is 12.6. The van der Waals surface area contributed by atoms with Crippen LogP contribution in [0.2, 0.25) is 0 Å². The molecule has 3 N–H and O–H groups in total. The Bertz CT molecular complexity index is 1010. The maximum absolute atomic E-state index is 12.7. The van der Waals surface area contributed by atoms with Crippen LogP contribution in [0, 0.1) is 6.92 Å². The van der Waals surface area contributed by atoms with E-state index < -0.39 is 0 Å². The van der Waals surface area contributed by atoms with Crippen LogP contribution >= 0.6 is 11.3 Å². The zero-order valence-corrected chi connectivity index (χ0v) is 17.9. The third kappa shape index (κ3) is 4.22. The van der Waals surface area contributed by atoms with Crippen molar-refractivity contribution in [2.45, 2.75) is 39.0 Å². The Kier molecular flexibility index (Phi) is 5.72. The summed E-state index contributed by atoms with van der Waals surface area (Å²) >= 11 is 1.36. The van der Waals surface area contributed by atoms with Crippen molar-refractivity contribution < 1.29 is 4.79 Å². The summed E-state index contributed by atoms with van der Waals surface area (Å²) in [6.07, 6.45) is 3.89. The van der Waals surface area contributed by atoms with Crippen LogP contribution in [-0.4, -0.2) is 30.5 Å². The van der Waals surface area contributed by atoms with E-state index in [1.54, 1.807) is 0 Å². The van der Waals surface area contributed by atoms with Gasteiger partial charge in [0.1, 0.15) is 9.71 Å². The minimum absolute atomic E-state index is 0.125. The lowest BCUT2D eigenvalue weighted by Crippen LogP contribution is -2.29. The number of amides is 1. The number of hydrogen-bond acceptors (Lipinski definition) is 5. The molecule has 1 aromatic carbocycles. The summed E-state index contributed by atoms with van der Waals surface area (Å²) < 4.78 is 0. The highest BCUT2D eigenvalue weighted by Crippen LogP contribution is 2.32. The van der Waals surface area contributed by atoms with Gasteiger partial charge in [-0.05, 0) is 61.9 Å². The van der Waals surface area contributed by atoms with Crippen LogP contribution in [0.3, 0.4) is 0 Å². The van der Waals surface area contributed by atoms with Crippen molar-refractivity contribution in [1.29, 1.82) is 0 Å². The third-order valence-electron chi connectivity index (χ3n) is 5.69. The molecule has 0 unspecified atom stereocenters. The van der Waals surface area contributed by atoms with Gasteiger partial charge in [0.25, 0.3) is 5.91 Å². The minimum atomic E-state index is -0.125. The van der Waals surface area contributed by atoms with E-state index in [-0.39, 0.29) is 11.8 Å². The fourth-order valence-corrected chi connectivity index (χ4v) is 4.92. The number of nitrogens with zero attached hydrogens (tertiary/aromatic N) is 2. The van der Waals surface area contributed by atoms with Gasteiger partial charge in [-0.25, -0.2) is 4.98 Å². The second-order valence-corrected chi connectivity index (χ2v) is 8.90. The van der Waals surface area contributed by atoms with Crippen molar-refractivity contribution in [1.82, 2.24) is 10.3 Å². The summed E-state index contributed by atoms with van der Waals surface area (Å²) in [5, 5.41) is 3.90. The molecule has 2 aromatic heterocycles. The van der Waals surface area contributed by atoms with Crippen molar-refractivity contribution >= 4 is 38.8 Å². The summed E-state index contributed by atoms with van der Waals surface area (Å²) in [5.74, 6) is 0.102. The van der Waals surface area contributed by atoms with Crippen LogP contribution in [-0.2, 0) is 0 Å². The lowest BCUT2D eigenvalue weighted by molar-refractivity contribution is 0.0956. The van der Waals surface area contributed by atoms with Gasteiger partial charge < -0.3 is 16.0 Å². The van der Waals surface area contributed by atoms with Crippen LogP contribution in [0.4, 0.5) is 11.4 Å². The molecule has 5 nitrogen and oxygen atoms in total. The SMILES string of the molecule is Cc1ccc2c(N)c(C(=O)NC[C@H](C)c3ccc(N4CCCCC4)cc3)sc2n1. The average molecular weight is 409 g/mol. The van der Waals surface area contributed by atoms with E-state index in [1.165, 1.54) is 41.9 Å². The van der Waals surface area contributed by atoms with E-state index in [4.69, 9.17) is 5.73 Å². The van der Waals surface area contributed by atoms with Crippen molar-refractivity contribution in [2.75, 3.05) is 30.3 Å². The lowest BCUT2D eigenvalue weighted by atomic mass is 10.00. The molecule has 152 valence electrons. The maximum atomic E-state index is 12.7. The van der Waals surface area contributed by atoms with Gasteiger partial charge in [-0.2, -0.15) is 0 Å². The molecule has 0 saturated carbocycles. The fourth-order valence-electron chi connectivity index (χ4n) is 3.87. The van der Waals surface area contributed by atoms with Gasteiger partial charge in [-0.3, -0.25) is 4.79 Å². The van der Waals surface area contributed by atoms with E-state index >= 15 is 0 Å². The molecule has 0 bridgehead atoms. The van der Waals surface area contributed by atoms with E-state index in [2.05, 4.69) is 46.4 Å². The first-order valence-corrected chi connectivity index (χ1v) is 11.1. The Morgan fingerprint density at radius 1 is 1.17 bits per heavy atom. The molecule has 1 aliphatic heterocycles. The highest BCUT2D eigenvalue weighted by molar-refractivity contribution is 7.21. The number of nitrogen functional groups attached to an aromatic ring is 1. The number of rotatable bonds is 5. The summed E-state index contributed by atoms with van der Waals surface area (Å²) in [4.78, 5) is 21.0. The topological polar surface area (TPSA) is 71.2 Å². The molecule has 1 atom stereocenters. The van der Waals surface area contributed by atoms with Crippen LogP contribution in [0.25, 0.3) is 10.2 Å². The molecule has 0 spiro atoms. The molecule has 4 rings (SSSR count). The quantitative estimate of drug-likeness (QED) is 0.641. The molecule has 29 heavy (non-hydrogen) atoms. The highest BCUT2D eigenvalue weighted by Gasteiger charge is 2.18. The molecule has 1 fully saturated rings. The Hall–Kier alpha value is -2.60. The normalized spacial score (nSPS) is 15.4. The van der Waals surface area contributed by atoms with Gasteiger partial charge in [0.2, 0.25) is 0 Å². The average Bonchev–Trinajstić information content (AvgIpc) is 3.08. The number of benzene rings is 1. The van der Waals surface area contributed by atoms with Gasteiger partial charge in [0, 0.05) is 36.4 Å². The number of anilines is 2. The largest absolute Gasteiger partial charge is 0.397 e. The lowest BCUT2D eigenvalue weighted by Gasteiger charge is -2.29. The smallest absolute Gasteiger partial charge is 0.263 e. The first-order valence-electron chi connectivity index (χ1n) is 10.3. The van der Waals surface area contributed by atoms with E-state index in [0.29, 0.717) is 17.1 Å². The molecule has 0 radical (unpaired) electrons. The number of hydrogen-bond donors (Lipinski definition) is 2. The number of fused-ring (bicyclic) bond motifs is 1. The predicted octanol–water partition coefficient (Wildman–Crippen LogP) is 4.71. The summed E-state index contributed by atoms with van der Waals surface area (Å²) in [6.45, 7) is 6.94. The van der Waals surface area contributed by atoms with Gasteiger partial charge in [0.05, 0.1) is 5.69 Å². The van der Waals surface area contributed by atoms with Crippen molar-refractivity contribution in [2.24, 2.45) is 0 Å². The van der Waals surface area contributed by atoms with Gasteiger partial charge in [-0.15, -0.1) is 11.3 Å². The molecular weight excluding hydrogens is 380 g/mol. The van der Waals surface area contributed by atoms with E-state index in [0.717, 1.165) is 29.0 Å². The first kappa shape index (κ1) is 19.7. The molecule has 1 saturated heterocycles. The number of aryl methyl sites for hydroxylation is 1. The van der Waals surface area contributed by atoms with E-state index in [9.17, 15) is 4.79 Å². The van der Waals surface area contributed by atoms with Crippen LogP contribution < -0.4 is 16.0 Å². The number of thiophene rings is 1. The molecule has 0 aliphatic carbocycles. The number of piperidine rings is 1. The Balaban J connectivity index is 1.39. The number of carbonyl (C=O) groups excluding carboxylic acids is 1. The Morgan fingerprint density at radius 2 is 1.90 bits per heavy atom. The number of nitrogens with one attached hydrogen (secondary N) is 1. The van der Waals surface area contributed by atoms with Gasteiger partial charge in [-0.1, -0.05) is 19.1 Å². The molecular formula is C23H28N4OS. The van der Waals surface area contributed by atoms with Crippen LogP contribution in [0.1, 0.15) is 53.0 Å². The summed E-state index contributed by atoms with van der Waals surface area (Å²) in [5.41, 5.74) is 10.2. The minimum Gasteiger partial charge on any atom is -0.397 e. The van der Waals surface area contributed by atoms with Gasteiger partial charge in [0.15, 0.2) is 0 Å². The van der Waals surface area contributed by atoms with E-state index in [1.807, 2.05) is 19.1 Å². The Labute approximate surface area is 175 Å². The molecule has 3 heterocycles. The maximum Gasteiger partial charge on any atom is 0.263 e. The van der Waals surface area contributed by atoms with Crippen LogP contribution in [0.5, 0.6) is 0 Å². The first-order chi connectivity index (χ1) is 14.0.